The summed E-state index contributed by atoms with van der Waals surface area (Å²) in [7, 11) is 1.55. The fraction of sp³-hybridized carbons (Fsp3) is 0.273. The summed E-state index contributed by atoms with van der Waals surface area (Å²) in [5, 5.41) is 3.19. The molecule has 5 heteroatoms. The molecule has 3 rings (SSSR count). The third-order valence-electron chi connectivity index (χ3n) is 4.78. The second kappa shape index (κ2) is 7.27. The number of carbonyl (C=O) groups excluding carboxylic acids is 2. The van der Waals surface area contributed by atoms with Gasteiger partial charge in [0.05, 0.1) is 12.7 Å². The average molecular weight is 364 g/mol. The van der Waals surface area contributed by atoms with Crippen LogP contribution in [0.25, 0.3) is 5.57 Å². The highest BCUT2D eigenvalue weighted by atomic mass is 16.5. The van der Waals surface area contributed by atoms with E-state index >= 15 is 0 Å². The van der Waals surface area contributed by atoms with Crippen molar-refractivity contribution in [3.8, 4) is 5.75 Å². The molecule has 0 unspecified atom stereocenters. The molecule has 0 aliphatic carbocycles. The Morgan fingerprint density at radius 1 is 0.963 bits per heavy atom. The highest BCUT2D eigenvalue weighted by Crippen LogP contribution is 2.36. The van der Waals surface area contributed by atoms with E-state index in [2.05, 4.69) is 5.32 Å². The van der Waals surface area contributed by atoms with Crippen molar-refractivity contribution >= 4 is 23.1 Å². The van der Waals surface area contributed by atoms with E-state index in [0.29, 0.717) is 16.9 Å². The van der Waals surface area contributed by atoms with Crippen LogP contribution in [-0.4, -0.2) is 29.9 Å². The molecule has 1 N–H and O–H groups in total. The van der Waals surface area contributed by atoms with Crippen LogP contribution >= 0.6 is 0 Å². The maximum absolute atomic E-state index is 13.1. The number of ether oxygens (including phenoxy) is 1. The van der Waals surface area contributed by atoms with E-state index in [4.69, 9.17) is 4.74 Å². The van der Waals surface area contributed by atoms with Gasteiger partial charge in [-0.3, -0.25) is 14.5 Å². The zero-order valence-corrected chi connectivity index (χ0v) is 16.3. The molecule has 0 spiro atoms. The molecular weight excluding hydrogens is 340 g/mol. The van der Waals surface area contributed by atoms with Gasteiger partial charge in [0, 0.05) is 17.3 Å². The lowest BCUT2D eigenvalue weighted by atomic mass is 10.0. The predicted molar refractivity (Wildman–Crippen MR) is 106 cm³/mol. The predicted octanol–water partition coefficient (Wildman–Crippen LogP) is 3.91. The number of methoxy groups -OCH3 is 1. The molecule has 0 fully saturated rings. The highest BCUT2D eigenvalue weighted by Gasteiger charge is 2.41. The third kappa shape index (κ3) is 3.33. The minimum absolute atomic E-state index is 0.242. The summed E-state index contributed by atoms with van der Waals surface area (Å²) in [4.78, 5) is 27.4. The number of nitrogens with zero attached hydrogens (tertiary/aromatic N) is 1. The zero-order chi connectivity index (χ0) is 19.7. The third-order valence-corrected chi connectivity index (χ3v) is 4.78. The lowest BCUT2D eigenvalue weighted by Gasteiger charge is -2.19. The lowest BCUT2D eigenvalue weighted by molar-refractivity contribution is -0.138. The van der Waals surface area contributed by atoms with Gasteiger partial charge in [0.15, 0.2) is 0 Å². The van der Waals surface area contributed by atoms with Crippen molar-refractivity contribution in [3.05, 3.63) is 64.9 Å². The van der Waals surface area contributed by atoms with Gasteiger partial charge in [-0.1, -0.05) is 24.3 Å². The smallest absolute Gasteiger partial charge is 0.278 e. The highest BCUT2D eigenvalue weighted by molar-refractivity contribution is 6.37. The van der Waals surface area contributed by atoms with Gasteiger partial charge in [-0.05, 0) is 57.0 Å². The Morgan fingerprint density at radius 3 is 2.30 bits per heavy atom. The molecule has 1 heterocycles. The molecule has 1 aliphatic rings. The molecule has 2 amide bonds. The number of rotatable bonds is 5. The number of imide groups is 1. The van der Waals surface area contributed by atoms with E-state index in [1.165, 1.54) is 4.90 Å². The topological polar surface area (TPSA) is 58.6 Å². The van der Waals surface area contributed by atoms with Crippen molar-refractivity contribution < 1.29 is 14.3 Å². The monoisotopic (exact) mass is 364 g/mol. The number of amides is 2. The largest absolute Gasteiger partial charge is 0.496 e. The van der Waals surface area contributed by atoms with Crippen LogP contribution in [0.2, 0.25) is 0 Å². The van der Waals surface area contributed by atoms with Crippen LogP contribution in [0.1, 0.15) is 30.5 Å². The van der Waals surface area contributed by atoms with E-state index in [9.17, 15) is 9.59 Å². The van der Waals surface area contributed by atoms with Crippen LogP contribution in [0, 0.1) is 13.8 Å². The maximum Gasteiger partial charge on any atom is 0.278 e. The first kappa shape index (κ1) is 18.7. The summed E-state index contributed by atoms with van der Waals surface area (Å²) in [6.45, 7) is 7.70. The molecule has 0 saturated heterocycles. The van der Waals surface area contributed by atoms with Crippen molar-refractivity contribution in [3.63, 3.8) is 0 Å². The van der Waals surface area contributed by atoms with Crippen molar-refractivity contribution in [2.75, 3.05) is 12.4 Å². The van der Waals surface area contributed by atoms with Gasteiger partial charge in [0.1, 0.15) is 11.4 Å². The SMILES string of the molecule is COc1ccccc1C1=C(Nc2ccc(C)c(C)c2)C(=O)N(C(C)C)C1=O. The fourth-order valence-electron chi connectivity index (χ4n) is 3.20. The molecule has 2 aromatic carbocycles. The van der Waals surface area contributed by atoms with Gasteiger partial charge >= 0.3 is 0 Å². The number of hydrogen-bond acceptors (Lipinski definition) is 4. The lowest BCUT2D eigenvalue weighted by Crippen LogP contribution is -2.38. The first-order valence-corrected chi connectivity index (χ1v) is 8.95. The maximum atomic E-state index is 13.1. The molecule has 0 aromatic heterocycles. The second-order valence-electron chi connectivity index (χ2n) is 6.95. The fourth-order valence-corrected chi connectivity index (χ4v) is 3.20. The summed E-state index contributed by atoms with van der Waals surface area (Å²) >= 11 is 0. The van der Waals surface area contributed by atoms with Crippen LogP contribution in [0.15, 0.2) is 48.2 Å². The first-order chi connectivity index (χ1) is 12.8. The number of nitrogens with one attached hydrogen (secondary N) is 1. The van der Waals surface area contributed by atoms with Gasteiger partial charge in [-0.2, -0.15) is 0 Å². The van der Waals surface area contributed by atoms with Crippen LogP contribution in [0.3, 0.4) is 0 Å². The number of carbonyl (C=O) groups is 2. The van der Waals surface area contributed by atoms with Crippen LogP contribution in [-0.2, 0) is 9.59 Å². The molecular formula is C22H24N2O3. The Bertz CT molecular complexity index is 944. The Hall–Kier alpha value is -3.08. The van der Waals surface area contributed by atoms with E-state index in [0.717, 1.165) is 16.8 Å². The molecule has 2 aromatic rings. The standard InChI is InChI=1S/C22H24N2O3/c1-13(2)24-21(25)19(17-8-6-7-9-18(17)27-5)20(22(24)26)23-16-11-10-14(3)15(4)12-16/h6-13,23H,1-5H3. The van der Waals surface area contributed by atoms with Crippen LogP contribution in [0.5, 0.6) is 5.75 Å². The number of anilines is 1. The van der Waals surface area contributed by atoms with Gasteiger partial charge in [0.2, 0.25) is 0 Å². The number of hydrogen-bond donors (Lipinski definition) is 1. The van der Waals surface area contributed by atoms with Crippen molar-refractivity contribution in [2.45, 2.75) is 33.7 Å². The molecule has 27 heavy (non-hydrogen) atoms. The minimum atomic E-state index is -0.325. The van der Waals surface area contributed by atoms with E-state index in [1.807, 2.05) is 58.0 Å². The summed E-state index contributed by atoms with van der Waals surface area (Å²) in [5.41, 5.74) is 4.26. The Labute approximate surface area is 159 Å². The minimum Gasteiger partial charge on any atom is -0.496 e. The molecule has 140 valence electrons. The van der Waals surface area contributed by atoms with Crippen molar-refractivity contribution in [2.24, 2.45) is 0 Å². The Kier molecular flexibility index (Phi) is 5.04. The molecule has 0 atom stereocenters. The van der Waals surface area contributed by atoms with Gasteiger partial charge < -0.3 is 10.1 Å². The van der Waals surface area contributed by atoms with E-state index in [1.54, 1.807) is 19.2 Å². The normalized spacial score (nSPS) is 14.4. The van der Waals surface area contributed by atoms with Crippen LogP contribution in [0.4, 0.5) is 5.69 Å². The van der Waals surface area contributed by atoms with Gasteiger partial charge in [-0.15, -0.1) is 0 Å². The van der Waals surface area contributed by atoms with Crippen molar-refractivity contribution in [1.29, 1.82) is 0 Å². The summed E-state index contributed by atoms with van der Waals surface area (Å²) in [6, 6.07) is 12.9. The summed E-state index contributed by atoms with van der Waals surface area (Å²) in [6.07, 6.45) is 0. The van der Waals surface area contributed by atoms with E-state index in [-0.39, 0.29) is 23.6 Å². The van der Waals surface area contributed by atoms with E-state index < -0.39 is 0 Å². The molecule has 0 radical (unpaired) electrons. The zero-order valence-electron chi connectivity index (χ0n) is 16.3. The quantitative estimate of drug-likeness (QED) is 0.817. The van der Waals surface area contributed by atoms with Gasteiger partial charge in [-0.25, -0.2) is 0 Å². The second-order valence-corrected chi connectivity index (χ2v) is 6.95. The van der Waals surface area contributed by atoms with Gasteiger partial charge in [0.25, 0.3) is 11.8 Å². The number of para-hydroxylation sites is 1. The Morgan fingerprint density at radius 2 is 1.67 bits per heavy atom. The number of aryl methyl sites for hydroxylation is 2. The number of benzene rings is 2. The molecule has 0 bridgehead atoms. The molecule has 5 nitrogen and oxygen atoms in total. The first-order valence-electron chi connectivity index (χ1n) is 8.95. The summed E-state index contributed by atoms with van der Waals surface area (Å²) in [5.74, 6) is -0.0846. The average Bonchev–Trinajstić information content (AvgIpc) is 2.88. The molecule has 1 aliphatic heterocycles. The van der Waals surface area contributed by atoms with Crippen LogP contribution < -0.4 is 10.1 Å². The molecule has 0 saturated carbocycles. The van der Waals surface area contributed by atoms with Crippen molar-refractivity contribution in [1.82, 2.24) is 4.90 Å². The Balaban J connectivity index is 2.15. The summed E-state index contributed by atoms with van der Waals surface area (Å²) < 4.78 is 5.43.